The van der Waals surface area contributed by atoms with E-state index in [2.05, 4.69) is 23.8 Å². The van der Waals surface area contributed by atoms with Gasteiger partial charge in [-0.2, -0.15) is 9.97 Å². The van der Waals surface area contributed by atoms with Gasteiger partial charge in [-0.25, -0.2) is 0 Å². The molecule has 5 heteroatoms. The van der Waals surface area contributed by atoms with Crippen LogP contribution >= 0.6 is 0 Å². The molecule has 0 bridgehead atoms. The summed E-state index contributed by atoms with van der Waals surface area (Å²) in [7, 11) is 1.98. The monoisotopic (exact) mass is 209 g/mol. The molecule has 4 N–H and O–H groups in total. The van der Waals surface area contributed by atoms with Crippen LogP contribution in [0.5, 0.6) is 0 Å². The van der Waals surface area contributed by atoms with Crippen LogP contribution in [0.2, 0.25) is 0 Å². The summed E-state index contributed by atoms with van der Waals surface area (Å²) in [6.07, 6.45) is 1.11. The Morgan fingerprint density at radius 1 is 1.33 bits per heavy atom. The molecule has 0 fully saturated rings. The highest BCUT2D eigenvalue weighted by atomic mass is 15.2. The molecular weight excluding hydrogens is 190 g/mol. The molecule has 0 atom stereocenters. The molecule has 0 aliphatic carbocycles. The largest absolute Gasteiger partial charge is 0.383 e. The summed E-state index contributed by atoms with van der Waals surface area (Å²) >= 11 is 0. The van der Waals surface area contributed by atoms with Crippen LogP contribution < -0.4 is 16.4 Å². The smallest absolute Gasteiger partial charge is 0.223 e. The van der Waals surface area contributed by atoms with E-state index in [0.717, 1.165) is 18.8 Å². The fraction of sp³-hybridized carbons (Fsp3) is 0.600. The van der Waals surface area contributed by atoms with Crippen LogP contribution in [0.15, 0.2) is 6.07 Å². The summed E-state index contributed by atoms with van der Waals surface area (Å²) in [6, 6.07) is 1.73. The van der Waals surface area contributed by atoms with Gasteiger partial charge in [-0.3, -0.25) is 0 Å². The van der Waals surface area contributed by atoms with Crippen molar-refractivity contribution in [3.63, 3.8) is 0 Å². The van der Waals surface area contributed by atoms with Gasteiger partial charge in [0.1, 0.15) is 11.6 Å². The maximum Gasteiger partial charge on any atom is 0.223 e. The van der Waals surface area contributed by atoms with E-state index < -0.39 is 0 Å². The average molecular weight is 209 g/mol. The third-order valence-electron chi connectivity index (χ3n) is 2.18. The number of rotatable bonds is 4. The summed E-state index contributed by atoms with van der Waals surface area (Å²) in [5, 5.41) is 0. The average Bonchev–Trinajstić information content (AvgIpc) is 2.12. The summed E-state index contributed by atoms with van der Waals surface area (Å²) in [6.45, 7) is 5.32. The minimum atomic E-state index is 0.224. The molecule has 0 saturated heterocycles. The Balaban J connectivity index is 2.68. The highest BCUT2D eigenvalue weighted by molar-refractivity contribution is 5.49. The van der Waals surface area contributed by atoms with E-state index >= 15 is 0 Å². The predicted molar refractivity (Wildman–Crippen MR) is 63.6 cm³/mol. The number of nitrogens with two attached hydrogens (primary N) is 2. The van der Waals surface area contributed by atoms with Crippen molar-refractivity contribution < 1.29 is 0 Å². The van der Waals surface area contributed by atoms with Gasteiger partial charge < -0.3 is 16.4 Å². The summed E-state index contributed by atoms with van der Waals surface area (Å²) in [5.74, 6) is 2.08. The SMILES string of the molecule is CC(C)CCN(C)c1cc(N)nc(N)n1. The van der Waals surface area contributed by atoms with Crippen LogP contribution in [0.3, 0.4) is 0 Å². The van der Waals surface area contributed by atoms with E-state index in [1.54, 1.807) is 6.07 Å². The first-order valence-corrected chi connectivity index (χ1v) is 5.10. The van der Waals surface area contributed by atoms with Crippen molar-refractivity contribution >= 4 is 17.6 Å². The van der Waals surface area contributed by atoms with Gasteiger partial charge in [0.2, 0.25) is 5.95 Å². The summed E-state index contributed by atoms with van der Waals surface area (Å²) < 4.78 is 0. The van der Waals surface area contributed by atoms with Crippen molar-refractivity contribution in [3.8, 4) is 0 Å². The number of hydrogen-bond acceptors (Lipinski definition) is 5. The molecule has 1 aromatic rings. The summed E-state index contributed by atoms with van der Waals surface area (Å²) in [4.78, 5) is 9.99. The lowest BCUT2D eigenvalue weighted by atomic mass is 10.1. The highest BCUT2D eigenvalue weighted by Crippen LogP contribution is 2.14. The zero-order chi connectivity index (χ0) is 11.4. The molecule has 0 radical (unpaired) electrons. The summed E-state index contributed by atoms with van der Waals surface area (Å²) in [5.41, 5.74) is 11.1. The Bertz CT molecular complexity index is 303. The van der Waals surface area contributed by atoms with Crippen molar-refractivity contribution in [3.05, 3.63) is 6.07 Å². The zero-order valence-electron chi connectivity index (χ0n) is 9.57. The first-order chi connectivity index (χ1) is 6.99. The van der Waals surface area contributed by atoms with Crippen molar-refractivity contribution in [2.24, 2.45) is 5.92 Å². The first-order valence-electron chi connectivity index (χ1n) is 5.10. The number of nitrogen functional groups attached to an aromatic ring is 2. The molecule has 0 aliphatic heterocycles. The molecule has 0 saturated carbocycles. The Kier molecular flexibility index (Phi) is 3.71. The van der Waals surface area contributed by atoms with Gasteiger partial charge in [0.15, 0.2) is 0 Å². The Hall–Kier alpha value is -1.52. The van der Waals surface area contributed by atoms with Crippen LogP contribution in [0.1, 0.15) is 20.3 Å². The maximum absolute atomic E-state index is 5.60. The van der Waals surface area contributed by atoms with Gasteiger partial charge >= 0.3 is 0 Å². The van der Waals surface area contributed by atoms with E-state index in [1.807, 2.05) is 11.9 Å². The molecule has 0 aliphatic rings. The predicted octanol–water partition coefficient (Wildman–Crippen LogP) is 1.12. The van der Waals surface area contributed by atoms with E-state index in [-0.39, 0.29) is 5.95 Å². The molecular formula is C10H19N5. The van der Waals surface area contributed by atoms with Crippen LogP contribution in [-0.2, 0) is 0 Å². The number of aromatic nitrogens is 2. The van der Waals surface area contributed by atoms with E-state index in [9.17, 15) is 0 Å². The molecule has 0 unspecified atom stereocenters. The van der Waals surface area contributed by atoms with Crippen LogP contribution in [0, 0.1) is 5.92 Å². The number of hydrogen-bond donors (Lipinski definition) is 2. The molecule has 1 aromatic heterocycles. The quantitative estimate of drug-likeness (QED) is 0.776. The molecule has 0 aromatic carbocycles. The van der Waals surface area contributed by atoms with Crippen LogP contribution in [0.4, 0.5) is 17.6 Å². The molecule has 84 valence electrons. The van der Waals surface area contributed by atoms with Gasteiger partial charge in [0.25, 0.3) is 0 Å². The third kappa shape index (κ3) is 3.61. The molecule has 15 heavy (non-hydrogen) atoms. The molecule has 5 nitrogen and oxygen atoms in total. The topological polar surface area (TPSA) is 81.1 Å². The van der Waals surface area contributed by atoms with Crippen LogP contribution in [0.25, 0.3) is 0 Å². The zero-order valence-corrected chi connectivity index (χ0v) is 9.57. The molecule has 1 rings (SSSR count). The maximum atomic E-state index is 5.60. The van der Waals surface area contributed by atoms with Gasteiger partial charge in [-0.1, -0.05) is 13.8 Å². The van der Waals surface area contributed by atoms with Crippen molar-refractivity contribution in [1.29, 1.82) is 0 Å². The van der Waals surface area contributed by atoms with Crippen molar-refractivity contribution in [2.45, 2.75) is 20.3 Å². The minimum Gasteiger partial charge on any atom is -0.383 e. The van der Waals surface area contributed by atoms with Crippen molar-refractivity contribution in [2.75, 3.05) is 30.0 Å². The number of anilines is 3. The second-order valence-corrected chi connectivity index (χ2v) is 4.11. The molecule has 1 heterocycles. The second-order valence-electron chi connectivity index (χ2n) is 4.11. The Morgan fingerprint density at radius 3 is 2.53 bits per heavy atom. The Morgan fingerprint density at radius 2 is 2.00 bits per heavy atom. The minimum absolute atomic E-state index is 0.224. The van der Waals surface area contributed by atoms with Gasteiger partial charge in [-0.15, -0.1) is 0 Å². The Labute approximate surface area is 90.5 Å². The lowest BCUT2D eigenvalue weighted by Crippen LogP contribution is -2.21. The van der Waals surface area contributed by atoms with Gasteiger partial charge in [0, 0.05) is 19.7 Å². The van der Waals surface area contributed by atoms with Crippen LogP contribution in [-0.4, -0.2) is 23.6 Å². The lowest BCUT2D eigenvalue weighted by molar-refractivity contribution is 0.583. The van der Waals surface area contributed by atoms with E-state index in [4.69, 9.17) is 11.5 Å². The van der Waals surface area contributed by atoms with Crippen molar-refractivity contribution in [1.82, 2.24) is 9.97 Å². The third-order valence-corrected chi connectivity index (χ3v) is 2.18. The molecule has 0 amide bonds. The highest BCUT2D eigenvalue weighted by Gasteiger charge is 2.06. The van der Waals surface area contributed by atoms with Gasteiger partial charge in [0.05, 0.1) is 0 Å². The fourth-order valence-corrected chi connectivity index (χ4v) is 1.23. The fourth-order valence-electron chi connectivity index (χ4n) is 1.23. The first kappa shape index (κ1) is 11.6. The molecule has 0 spiro atoms. The standard InChI is InChI=1S/C10H19N5/c1-7(2)4-5-15(3)9-6-8(11)13-10(12)14-9/h6-7H,4-5H2,1-3H3,(H4,11,12,13,14). The van der Waals surface area contributed by atoms with Gasteiger partial charge in [-0.05, 0) is 12.3 Å². The second kappa shape index (κ2) is 4.82. The lowest BCUT2D eigenvalue weighted by Gasteiger charge is -2.19. The number of nitrogens with zero attached hydrogens (tertiary/aromatic N) is 3. The van der Waals surface area contributed by atoms with E-state index in [0.29, 0.717) is 11.7 Å². The van der Waals surface area contributed by atoms with E-state index in [1.165, 1.54) is 0 Å². The normalized spacial score (nSPS) is 10.7.